The van der Waals surface area contributed by atoms with Gasteiger partial charge < -0.3 is 10.1 Å². The van der Waals surface area contributed by atoms with E-state index in [-0.39, 0.29) is 5.91 Å². The summed E-state index contributed by atoms with van der Waals surface area (Å²) in [6.45, 7) is 4.07. The maximum atomic E-state index is 13.0. The Labute approximate surface area is 195 Å². The Morgan fingerprint density at radius 3 is 2.41 bits per heavy atom. The van der Waals surface area contributed by atoms with Crippen molar-refractivity contribution in [1.82, 2.24) is 10.2 Å². The minimum Gasteiger partial charge on any atom is -0.488 e. The second-order valence-electron chi connectivity index (χ2n) is 8.20. The molecule has 0 aliphatic carbocycles. The summed E-state index contributed by atoms with van der Waals surface area (Å²) in [4.78, 5) is 15.5. The van der Waals surface area contributed by atoms with E-state index in [1.54, 1.807) is 18.2 Å². The number of benzene rings is 3. The minimum absolute atomic E-state index is 0.191. The van der Waals surface area contributed by atoms with Gasteiger partial charge in [0.1, 0.15) is 12.4 Å². The molecule has 0 atom stereocenters. The Kier molecular flexibility index (Phi) is 7.81. The van der Waals surface area contributed by atoms with Crippen LogP contribution in [-0.2, 0) is 19.7 Å². The van der Waals surface area contributed by atoms with E-state index < -0.39 is 0 Å². The van der Waals surface area contributed by atoms with Crippen molar-refractivity contribution >= 4 is 17.5 Å². The van der Waals surface area contributed by atoms with Crippen molar-refractivity contribution in [3.63, 3.8) is 0 Å². The first-order valence-corrected chi connectivity index (χ1v) is 11.6. The lowest BCUT2D eigenvalue weighted by Gasteiger charge is -2.27. The molecule has 0 bridgehead atoms. The zero-order valence-electron chi connectivity index (χ0n) is 18.2. The van der Waals surface area contributed by atoms with Gasteiger partial charge in [-0.2, -0.15) is 0 Å². The van der Waals surface area contributed by atoms with Gasteiger partial charge in [0.05, 0.1) is 5.56 Å². The van der Waals surface area contributed by atoms with Gasteiger partial charge in [0.2, 0.25) is 0 Å². The Balaban J connectivity index is 1.42. The standard InChI is InChI=1S/C27H29ClN2O2/c28-24-13-14-26(32-20-21-9-3-1-4-10-21)25(17-24)27(31)29-18-22-11-5-6-12-23(22)19-30-15-7-2-8-16-30/h1,3-6,9-14,17H,2,7-8,15-16,18-20H2,(H,29,31). The molecular formula is C27H29ClN2O2. The number of hydrogen-bond acceptors (Lipinski definition) is 3. The summed E-state index contributed by atoms with van der Waals surface area (Å²) in [6, 6.07) is 23.4. The van der Waals surface area contributed by atoms with E-state index in [2.05, 4.69) is 28.4 Å². The molecule has 4 nitrogen and oxygen atoms in total. The summed E-state index contributed by atoms with van der Waals surface area (Å²) in [5, 5.41) is 3.57. The molecular weight excluding hydrogens is 420 g/mol. The Morgan fingerprint density at radius 1 is 0.906 bits per heavy atom. The highest BCUT2D eigenvalue weighted by atomic mass is 35.5. The van der Waals surface area contributed by atoms with Crippen LogP contribution >= 0.6 is 11.6 Å². The number of halogens is 1. The van der Waals surface area contributed by atoms with Gasteiger partial charge in [-0.25, -0.2) is 0 Å². The Morgan fingerprint density at radius 2 is 1.62 bits per heavy atom. The number of nitrogens with one attached hydrogen (secondary N) is 1. The summed E-state index contributed by atoms with van der Waals surface area (Å²) in [6.07, 6.45) is 3.85. The molecule has 1 amide bonds. The molecule has 166 valence electrons. The van der Waals surface area contributed by atoms with Gasteiger partial charge in [-0.15, -0.1) is 0 Å². The summed E-state index contributed by atoms with van der Waals surface area (Å²) in [5.41, 5.74) is 3.89. The van der Waals surface area contributed by atoms with Crippen LogP contribution < -0.4 is 10.1 Å². The number of amides is 1. The largest absolute Gasteiger partial charge is 0.488 e. The first-order valence-electron chi connectivity index (χ1n) is 11.2. The van der Waals surface area contributed by atoms with E-state index in [0.717, 1.165) is 30.8 Å². The molecule has 1 aliphatic heterocycles. The van der Waals surface area contributed by atoms with Crippen LogP contribution in [0.2, 0.25) is 5.02 Å². The molecule has 0 radical (unpaired) electrons. The molecule has 0 aromatic heterocycles. The van der Waals surface area contributed by atoms with Crippen molar-refractivity contribution in [3.8, 4) is 5.75 Å². The van der Waals surface area contributed by atoms with Crippen molar-refractivity contribution in [2.24, 2.45) is 0 Å². The maximum absolute atomic E-state index is 13.0. The molecule has 1 heterocycles. The number of carbonyl (C=O) groups is 1. The molecule has 4 rings (SSSR count). The zero-order valence-corrected chi connectivity index (χ0v) is 19.0. The van der Waals surface area contributed by atoms with Crippen LogP contribution in [0.4, 0.5) is 0 Å². The van der Waals surface area contributed by atoms with E-state index >= 15 is 0 Å². The predicted octanol–water partition coefficient (Wildman–Crippen LogP) is 5.83. The van der Waals surface area contributed by atoms with Gasteiger partial charge in [0.15, 0.2) is 0 Å². The number of nitrogens with zero attached hydrogens (tertiary/aromatic N) is 1. The van der Waals surface area contributed by atoms with Crippen molar-refractivity contribution in [2.75, 3.05) is 13.1 Å². The lowest BCUT2D eigenvalue weighted by Crippen LogP contribution is -2.30. The van der Waals surface area contributed by atoms with Crippen molar-refractivity contribution < 1.29 is 9.53 Å². The molecule has 1 fully saturated rings. The minimum atomic E-state index is -0.191. The first-order chi connectivity index (χ1) is 15.7. The van der Waals surface area contributed by atoms with Gasteiger partial charge in [-0.3, -0.25) is 9.69 Å². The predicted molar refractivity (Wildman–Crippen MR) is 129 cm³/mol. The molecule has 3 aromatic carbocycles. The molecule has 5 heteroatoms. The fraction of sp³-hybridized carbons (Fsp3) is 0.296. The van der Waals surface area contributed by atoms with Gasteiger partial charge in [-0.05, 0) is 60.8 Å². The molecule has 1 N–H and O–H groups in total. The third kappa shape index (κ3) is 6.12. The van der Waals surface area contributed by atoms with Crippen LogP contribution in [0, 0.1) is 0 Å². The second-order valence-corrected chi connectivity index (χ2v) is 8.64. The first kappa shape index (κ1) is 22.4. The quantitative estimate of drug-likeness (QED) is 0.471. The molecule has 0 saturated carbocycles. The van der Waals surface area contributed by atoms with Crippen LogP contribution in [0.5, 0.6) is 5.75 Å². The average Bonchev–Trinajstić information content (AvgIpc) is 2.84. The van der Waals surface area contributed by atoms with E-state index in [1.165, 1.54) is 24.8 Å². The Bertz CT molecular complexity index is 1030. The van der Waals surface area contributed by atoms with Crippen LogP contribution in [0.3, 0.4) is 0 Å². The van der Waals surface area contributed by atoms with Gasteiger partial charge in [0, 0.05) is 18.1 Å². The Hall–Kier alpha value is -2.82. The number of ether oxygens (including phenoxy) is 1. The van der Waals surface area contributed by atoms with Crippen molar-refractivity contribution in [1.29, 1.82) is 0 Å². The second kappa shape index (κ2) is 11.2. The molecule has 3 aromatic rings. The monoisotopic (exact) mass is 448 g/mol. The molecule has 0 spiro atoms. The molecule has 32 heavy (non-hydrogen) atoms. The van der Waals surface area contributed by atoms with Crippen molar-refractivity contribution in [3.05, 3.63) is 100 Å². The highest BCUT2D eigenvalue weighted by molar-refractivity contribution is 6.31. The average molecular weight is 449 g/mol. The maximum Gasteiger partial charge on any atom is 0.255 e. The van der Waals surface area contributed by atoms with Crippen LogP contribution in [0.15, 0.2) is 72.8 Å². The number of likely N-dealkylation sites (tertiary alicyclic amines) is 1. The fourth-order valence-electron chi connectivity index (χ4n) is 4.05. The molecule has 0 unspecified atom stereocenters. The van der Waals surface area contributed by atoms with E-state index in [4.69, 9.17) is 16.3 Å². The van der Waals surface area contributed by atoms with Crippen LogP contribution in [0.1, 0.15) is 46.3 Å². The number of rotatable bonds is 8. The fourth-order valence-corrected chi connectivity index (χ4v) is 4.23. The van der Waals surface area contributed by atoms with Crippen LogP contribution in [0.25, 0.3) is 0 Å². The highest BCUT2D eigenvalue weighted by Gasteiger charge is 2.16. The molecule has 1 saturated heterocycles. The topological polar surface area (TPSA) is 41.6 Å². The van der Waals surface area contributed by atoms with Gasteiger partial charge >= 0.3 is 0 Å². The van der Waals surface area contributed by atoms with E-state index in [1.807, 2.05) is 36.4 Å². The van der Waals surface area contributed by atoms with E-state index in [0.29, 0.717) is 29.5 Å². The van der Waals surface area contributed by atoms with E-state index in [9.17, 15) is 4.79 Å². The molecule has 1 aliphatic rings. The normalized spacial score (nSPS) is 14.2. The third-order valence-corrected chi connectivity index (χ3v) is 6.06. The lowest BCUT2D eigenvalue weighted by atomic mass is 10.0. The zero-order chi connectivity index (χ0) is 22.2. The van der Waals surface area contributed by atoms with Crippen molar-refractivity contribution in [2.45, 2.75) is 39.0 Å². The van der Waals surface area contributed by atoms with Crippen LogP contribution in [-0.4, -0.2) is 23.9 Å². The number of hydrogen-bond donors (Lipinski definition) is 1. The lowest BCUT2D eigenvalue weighted by molar-refractivity contribution is 0.0946. The number of piperidine rings is 1. The summed E-state index contributed by atoms with van der Waals surface area (Å²) in [7, 11) is 0. The SMILES string of the molecule is O=C(NCc1ccccc1CN1CCCCC1)c1cc(Cl)ccc1OCc1ccccc1. The summed E-state index contributed by atoms with van der Waals surface area (Å²) < 4.78 is 5.95. The highest BCUT2D eigenvalue weighted by Crippen LogP contribution is 2.24. The van der Waals surface area contributed by atoms with Gasteiger partial charge in [-0.1, -0.05) is 72.6 Å². The summed E-state index contributed by atoms with van der Waals surface area (Å²) >= 11 is 6.19. The van der Waals surface area contributed by atoms with Gasteiger partial charge in [0.25, 0.3) is 5.91 Å². The number of carbonyl (C=O) groups excluding carboxylic acids is 1. The summed E-state index contributed by atoms with van der Waals surface area (Å²) in [5.74, 6) is 0.334. The third-order valence-electron chi connectivity index (χ3n) is 5.82. The smallest absolute Gasteiger partial charge is 0.255 e.